The van der Waals surface area contributed by atoms with E-state index in [-0.39, 0.29) is 0 Å². The van der Waals surface area contributed by atoms with Crippen molar-refractivity contribution in [2.45, 2.75) is 0 Å². The zero-order chi connectivity index (χ0) is 25.8. The Hall–Kier alpha value is -5.19. The molecule has 0 fully saturated rings. The number of anilines is 1. The summed E-state index contributed by atoms with van der Waals surface area (Å²) in [6, 6.07) is 20.0. The molecular weight excluding hydrogens is 468 g/mol. The van der Waals surface area contributed by atoms with Gasteiger partial charge in [-0.05, 0) is 48.5 Å². The van der Waals surface area contributed by atoms with E-state index >= 15 is 0 Å². The summed E-state index contributed by atoms with van der Waals surface area (Å²) in [5.41, 5.74) is 7.29. The van der Waals surface area contributed by atoms with Crippen LogP contribution in [0.3, 0.4) is 0 Å². The van der Waals surface area contributed by atoms with E-state index < -0.39 is 31.1 Å². The van der Waals surface area contributed by atoms with E-state index in [1.165, 1.54) is 12.4 Å². The fourth-order valence-corrected chi connectivity index (χ4v) is 2.81. The molecule has 0 bridgehead atoms. The number of rotatable bonds is 12. The van der Waals surface area contributed by atoms with Crippen molar-refractivity contribution in [3.05, 3.63) is 89.5 Å². The number of para-hydroxylation sites is 2. The van der Waals surface area contributed by atoms with Gasteiger partial charge in [0.05, 0.1) is 18.1 Å². The molecule has 0 saturated heterocycles. The lowest BCUT2D eigenvalue weighted by molar-refractivity contribution is -0.140. The standard InChI is InChI=1S/C25H22N4O7/c30-23(31)15-35-21-7-3-1-5-18(21)13-26-28-20-11-9-17(10-12-20)25(34)29-27-14-19-6-2-4-8-22(19)36-16-24(32)33/h1-14,28H,15-16H2,(H,29,34)(H,30,31)(H,32,33). The topological polar surface area (TPSA) is 159 Å². The predicted molar refractivity (Wildman–Crippen MR) is 132 cm³/mol. The van der Waals surface area contributed by atoms with Crippen LogP contribution in [-0.4, -0.2) is 53.7 Å². The van der Waals surface area contributed by atoms with Crippen LogP contribution in [0.25, 0.3) is 0 Å². The van der Waals surface area contributed by atoms with Crippen molar-refractivity contribution >= 4 is 36.0 Å². The third-order valence-electron chi connectivity index (χ3n) is 4.45. The van der Waals surface area contributed by atoms with Gasteiger partial charge in [-0.15, -0.1) is 0 Å². The lowest BCUT2D eigenvalue weighted by Gasteiger charge is -2.07. The van der Waals surface area contributed by atoms with Crippen molar-refractivity contribution in [3.8, 4) is 11.5 Å². The summed E-state index contributed by atoms with van der Waals surface area (Å²) in [5, 5.41) is 25.5. The Balaban J connectivity index is 1.55. The highest BCUT2D eigenvalue weighted by Crippen LogP contribution is 2.17. The highest BCUT2D eigenvalue weighted by molar-refractivity contribution is 5.95. The van der Waals surface area contributed by atoms with Crippen LogP contribution in [0.15, 0.2) is 83.0 Å². The minimum Gasteiger partial charge on any atom is -0.481 e. The number of benzene rings is 3. The number of hydrazone groups is 2. The van der Waals surface area contributed by atoms with Crippen molar-refractivity contribution in [2.24, 2.45) is 10.2 Å². The van der Waals surface area contributed by atoms with Gasteiger partial charge >= 0.3 is 11.9 Å². The summed E-state index contributed by atoms with van der Waals surface area (Å²) in [5.74, 6) is -1.92. The third kappa shape index (κ3) is 7.99. The van der Waals surface area contributed by atoms with Gasteiger partial charge in [-0.2, -0.15) is 10.2 Å². The molecule has 3 rings (SSSR count). The van der Waals surface area contributed by atoms with Crippen LogP contribution in [0, 0.1) is 0 Å². The van der Waals surface area contributed by atoms with Crippen LogP contribution >= 0.6 is 0 Å². The zero-order valence-corrected chi connectivity index (χ0v) is 18.8. The molecule has 0 unspecified atom stereocenters. The minimum absolute atomic E-state index is 0.324. The van der Waals surface area contributed by atoms with E-state index in [0.29, 0.717) is 33.9 Å². The first-order chi connectivity index (χ1) is 17.4. The maximum atomic E-state index is 12.4. The summed E-state index contributed by atoms with van der Waals surface area (Å²) in [6.07, 6.45) is 2.85. The largest absolute Gasteiger partial charge is 0.481 e. The van der Waals surface area contributed by atoms with E-state index in [4.69, 9.17) is 19.7 Å². The van der Waals surface area contributed by atoms with Gasteiger partial charge < -0.3 is 19.7 Å². The van der Waals surface area contributed by atoms with Crippen molar-refractivity contribution in [3.63, 3.8) is 0 Å². The number of nitrogens with one attached hydrogen (secondary N) is 2. The molecule has 4 N–H and O–H groups in total. The van der Waals surface area contributed by atoms with Crippen LogP contribution < -0.4 is 20.3 Å². The molecule has 3 aromatic carbocycles. The highest BCUT2D eigenvalue weighted by Gasteiger charge is 2.06. The predicted octanol–water partition coefficient (Wildman–Crippen LogP) is 2.82. The average molecular weight is 490 g/mol. The molecule has 36 heavy (non-hydrogen) atoms. The van der Waals surface area contributed by atoms with E-state index in [1.807, 2.05) is 0 Å². The van der Waals surface area contributed by atoms with Gasteiger partial charge in [0, 0.05) is 16.7 Å². The minimum atomic E-state index is -1.10. The van der Waals surface area contributed by atoms with Gasteiger partial charge in [0.15, 0.2) is 13.2 Å². The average Bonchev–Trinajstić information content (AvgIpc) is 2.87. The van der Waals surface area contributed by atoms with Crippen LogP contribution in [0.1, 0.15) is 21.5 Å². The van der Waals surface area contributed by atoms with Crippen LogP contribution in [0.2, 0.25) is 0 Å². The van der Waals surface area contributed by atoms with Gasteiger partial charge in [-0.1, -0.05) is 24.3 Å². The second-order valence-corrected chi connectivity index (χ2v) is 7.09. The van der Waals surface area contributed by atoms with E-state index in [0.717, 1.165) is 0 Å². The normalized spacial score (nSPS) is 10.8. The summed E-state index contributed by atoms with van der Waals surface area (Å²) in [7, 11) is 0. The molecule has 0 aliphatic carbocycles. The molecular formula is C25H22N4O7. The summed E-state index contributed by atoms with van der Waals surface area (Å²) in [6.45, 7) is -0.955. The number of carbonyl (C=O) groups excluding carboxylic acids is 1. The fourth-order valence-electron chi connectivity index (χ4n) is 2.81. The van der Waals surface area contributed by atoms with Gasteiger partial charge in [-0.25, -0.2) is 15.0 Å². The number of carboxylic acids is 2. The van der Waals surface area contributed by atoms with Gasteiger partial charge in [0.1, 0.15) is 11.5 Å². The third-order valence-corrected chi connectivity index (χ3v) is 4.45. The fraction of sp³-hybridized carbons (Fsp3) is 0.0800. The van der Waals surface area contributed by atoms with Gasteiger partial charge in [0.2, 0.25) is 0 Å². The lowest BCUT2D eigenvalue weighted by atomic mass is 10.2. The molecule has 1 amide bonds. The molecule has 11 nitrogen and oxygen atoms in total. The summed E-state index contributed by atoms with van der Waals surface area (Å²) >= 11 is 0. The number of hydrogen-bond acceptors (Lipinski definition) is 8. The second kappa shape index (κ2) is 12.9. The Morgan fingerprint density at radius 1 is 0.722 bits per heavy atom. The number of ether oxygens (including phenoxy) is 2. The van der Waals surface area contributed by atoms with Crippen LogP contribution in [0.4, 0.5) is 5.69 Å². The SMILES string of the molecule is O=C(O)COc1ccccc1C=NNC(=O)c1ccc(NN=Cc2ccccc2OCC(=O)O)cc1. The molecule has 0 heterocycles. The smallest absolute Gasteiger partial charge is 0.341 e. The Morgan fingerprint density at radius 3 is 1.75 bits per heavy atom. The number of nitrogens with zero attached hydrogens (tertiary/aromatic N) is 2. The lowest BCUT2D eigenvalue weighted by Crippen LogP contribution is -2.17. The zero-order valence-electron chi connectivity index (χ0n) is 18.8. The molecule has 0 spiro atoms. The first kappa shape index (κ1) is 25.4. The maximum absolute atomic E-state index is 12.4. The van der Waals surface area contributed by atoms with Crippen molar-refractivity contribution in [2.75, 3.05) is 18.6 Å². The molecule has 0 radical (unpaired) electrons. The molecule has 184 valence electrons. The molecule has 0 aliphatic rings. The number of hydrogen-bond donors (Lipinski definition) is 4. The Labute approximate surface area is 205 Å². The number of carboxylic acid groups (broad SMARTS) is 2. The monoisotopic (exact) mass is 490 g/mol. The van der Waals surface area contributed by atoms with Crippen LogP contribution in [-0.2, 0) is 9.59 Å². The molecule has 0 aromatic heterocycles. The maximum Gasteiger partial charge on any atom is 0.341 e. The first-order valence-electron chi connectivity index (χ1n) is 10.5. The molecule has 3 aromatic rings. The number of amides is 1. The summed E-state index contributed by atoms with van der Waals surface area (Å²) < 4.78 is 10.4. The number of aliphatic carboxylic acids is 2. The Kier molecular flexibility index (Phi) is 9.11. The molecule has 0 aliphatic heterocycles. The first-order valence-corrected chi connectivity index (χ1v) is 10.5. The molecule has 0 atom stereocenters. The van der Waals surface area contributed by atoms with E-state index in [9.17, 15) is 14.4 Å². The van der Waals surface area contributed by atoms with Crippen molar-refractivity contribution in [1.82, 2.24) is 5.43 Å². The quantitative estimate of drug-likeness (QED) is 0.223. The van der Waals surface area contributed by atoms with E-state index in [1.54, 1.807) is 72.8 Å². The Bertz CT molecular complexity index is 1270. The van der Waals surface area contributed by atoms with E-state index in [2.05, 4.69) is 21.1 Å². The highest BCUT2D eigenvalue weighted by atomic mass is 16.5. The van der Waals surface area contributed by atoms with Crippen LogP contribution in [0.5, 0.6) is 11.5 Å². The molecule has 11 heteroatoms. The molecule has 0 saturated carbocycles. The van der Waals surface area contributed by atoms with Gasteiger partial charge in [-0.3, -0.25) is 10.2 Å². The van der Waals surface area contributed by atoms with Gasteiger partial charge in [0.25, 0.3) is 5.91 Å². The Morgan fingerprint density at radius 2 is 1.22 bits per heavy atom. The summed E-state index contributed by atoms with van der Waals surface area (Å²) in [4.78, 5) is 33.8. The number of carbonyl (C=O) groups is 3. The second-order valence-electron chi connectivity index (χ2n) is 7.09. The van der Waals surface area contributed by atoms with Crippen molar-refractivity contribution < 1.29 is 34.1 Å². The van der Waals surface area contributed by atoms with Crippen molar-refractivity contribution in [1.29, 1.82) is 0 Å².